The first-order valence-corrected chi connectivity index (χ1v) is 7.66. The second kappa shape index (κ2) is 5.80. The molecule has 8 heteroatoms. The molecule has 0 aliphatic carbocycles. The predicted molar refractivity (Wildman–Crippen MR) is 84.1 cm³/mol. The Kier molecular flexibility index (Phi) is 3.64. The van der Waals surface area contributed by atoms with Crippen LogP contribution in [0.1, 0.15) is 27.5 Å². The maximum Gasteiger partial charge on any atom is 0.491 e. The summed E-state index contributed by atoms with van der Waals surface area (Å²) >= 11 is 0. The molecule has 23 heavy (non-hydrogen) atoms. The van der Waals surface area contributed by atoms with E-state index in [1.165, 1.54) is 0 Å². The molecule has 1 saturated heterocycles. The summed E-state index contributed by atoms with van der Waals surface area (Å²) in [6.45, 7) is 2.37. The average molecular weight is 312 g/mol. The van der Waals surface area contributed by atoms with Crippen molar-refractivity contribution in [1.29, 1.82) is 0 Å². The van der Waals surface area contributed by atoms with Crippen molar-refractivity contribution < 1.29 is 14.5 Å². The van der Waals surface area contributed by atoms with Gasteiger partial charge >= 0.3 is 7.12 Å². The molecule has 0 spiro atoms. The molecule has 3 N–H and O–H groups in total. The van der Waals surface area contributed by atoms with E-state index in [1.54, 1.807) is 18.3 Å². The Morgan fingerprint density at radius 3 is 3.22 bits per heavy atom. The molecule has 4 rings (SSSR count). The maximum atomic E-state index is 12.8. The normalized spacial score (nSPS) is 20.7. The molecule has 7 nitrogen and oxygen atoms in total. The number of aromatic amines is 1. The first-order valence-electron chi connectivity index (χ1n) is 7.66. The lowest BCUT2D eigenvalue weighted by atomic mass is 9.78. The highest BCUT2D eigenvalue weighted by molar-refractivity contribution is 6.61. The van der Waals surface area contributed by atoms with Gasteiger partial charge in [-0.05, 0) is 23.2 Å². The van der Waals surface area contributed by atoms with Crippen LogP contribution >= 0.6 is 0 Å². The van der Waals surface area contributed by atoms with Gasteiger partial charge < -0.3 is 19.9 Å². The molecule has 0 radical (unpaired) electrons. The standard InChI is InChI=1S/C15H17BN4O3/c21-15(10-1-2-11-9-23-16(22)13(11)5-10)20-4-3-17-14(8-20)12-6-18-19-7-12/h1-2,5-7,14,17,22H,3-4,8-9H2,(H,18,19). The zero-order valence-corrected chi connectivity index (χ0v) is 12.5. The molecule has 2 aromatic rings. The predicted octanol–water partition coefficient (Wildman–Crippen LogP) is -0.586. The molecule has 118 valence electrons. The maximum absolute atomic E-state index is 12.8. The molecule has 1 fully saturated rings. The number of aromatic nitrogens is 2. The van der Waals surface area contributed by atoms with E-state index < -0.39 is 7.12 Å². The van der Waals surface area contributed by atoms with Crippen LogP contribution in [0.2, 0.25) is 0 Å². The van der Waals surface area contributed by atoms with Gasteiger partial charge in [-0.2, -0.15) is 5.10 Å². The van der Waals surface area contributed by atoms with Crippen LogP contribution in [-0.2, 0) is 11.3 Å². The van der Waals surface area contributed by atoms with Crippen LogP contribution < -0.4 is 10.8 Å². The molecule has 1 unspecified atom stereocenters. The number of hydrogen-bond donors (Lipinski definition) is 3. The van der Waals surface area contributed by atoms with Crippen LogP contribution in [0.25, 0.3) is 0 Å². The summed E-state index contributed by atoms with van der Waals surface area (Å²) in [7, 11) is -0.931. The Morgan fingerprint density at radius 1 is 1.48 bits per heavy atom. The number of fused-ring (bicyclic) bond motifs is 1. The molecule has 0 bridgehead atoms. The Morgan fingerprint density at radius 2 is 2.39 bits per heavy atom. The van der Waals surface area contributed by atoms with E-state index >= 15 is 0 Å². The summed E-state index contributed by atoms with van der Waals surface area (Å²) in [6.07, 6.45) is 3.61. The quantitative estimate of drug-likeness (QED) is 0.645. The van der Waals surface area contributed by atoms with Crippen LogP contribution in [0.5, 0.6) is 0 Å². The lowest BCUT2D eigenvalue weighted by Gasteiger charge is -2.33. The minimum atomic E-state index is -0.931. The molecule has 0 saturated carbocycles. The molecule has 1 amide bonds. The van der Waals surface area contributed by atoms with Gasteiger partial charge in [0.05, 0.1) is 18.8 Å². The summed E-state index contributed by atoms with van der Waals surface area (Å²) in [5.41, 5.74) is 3.25. The van der Waals surface area contributed by atoms with Crippen LogP contribution in [0, 0.1) is 0 Å². The summed E-state index contributed by atoms with van der Waals surface area (Å²) in [6, 6.07) is 5.48. The molecule has 3 heterocycles. The van der Waals surface area contributed by atoms with Crippen molar-refractivity contribution in [3.05, 3.63) is 47.3 Å². The van der Waals surface area contributed by atoms with E-state index in [1.807, 2.05) is 17.2 Å². The monoisotopic (exact) mass is 312 g/mol. The number of benzene rings is 1. The molecular weight excluding hydrogens is 295 g/mol. The minimum Gasteiger partial charge on any atom is -0.423 e. The van der Waals surface area contributed by atoms with E-state index in [-0.39, 0.29) is 11.9 Å². The van der Waals surface area contributed by atoms with E-state index in [2.05, 4.69) is 15.5 Å². The van der Waals surface area contributed by atoms with E-state index in [4.69, 9.17) is 4.65 Å². The molecular formula is C15H17BN4O3. The van der Waals surface area contributed by atoms with Crippen molar-refractivity contribution in [3.8, 4) is 0 Å². The third kappa shape index (κ3) is 2.65. The highest BCUT2D eigenvalue weighted by Gasteiger charge is 2.30. The number of piperazine rings is 1. The van der Waals surface area contributed by atoms with Crippen molar-refractivity contribution in [3.63, 3.8) is 0 Å². The number of carbonyl (C=O) groups is 1. The van der Waals surface area contributed by atoms with Crippen molar-refractivity contribution in [2.45, 2.75) is 12.6 Å². The topological polar surface area (TPSA) is 90.5 Å². The zero-order chi connectivity index (χ0) is 15.8. The lowest BCUT2D eigenvalue weighted by Crippen LogP contribution is -2.48. The summed E-state index contributed by atoms with van der Waals surface area (Å²) < 4.78 is 5.18. The average Bonchev–Trinajstić information content (AvgIpc) is 3.25. The van der Waals surface area contributed by atoms with E-state index in [0.717, 1.165) is 17.7 Å². The van der Waals surface area contributed by atoms with Gasteiger partial charge in [0.25, 0.3) is 5.91 Å². The van der Waals surface area contributed by atoms with Gasteiger partial charge in [0.1, 0.15) is 0 Å². The number of carbonyl (C=O) groups excluding carboxylic acids is 1. The fraction of sp³-hybridized carbons (Fsp3) is 0.333. The van der Waals surface area contributed by atoms with E-state index in [9.17, 15) is 9.82 Å². The number of nitrogens with zero attached hydrogens (tertiary/aromatic N) is 2. The lowest BCUT2D eigenvalue weighted by molar-refractivity contribution is 0.0703. The van der Waals surface area contributed by atoms with Gasteiger partial charge in [-0.15, -0.1) is 0 Å². The van der Waals surface area contributed by atoms with Crippen molar-refractivity contribution >= 4 is 18.5 Å². The third-order valence-corrected chi connectivity index (χ3v) is 4.44. The number of amides is 1. The molecule has 1 aromatic carbocycles. The van der Waals surface area contributed by atoms with Gasteiger partial charge in [-0.1, -0.05) is 6.07 Å². The first kappa shape index (κ1) is 14.4. The Bertz CT molecular complexity index is 722. The summed E-state index contributed by atoms with van der Waals surface area (Å²) in [5, 5.41) is 20.0. The van der Waals surface area contributed by atoms with Gasteiger partial charge in [0.2, 0.25) is 0 Å². The van der Waals surface area contributed by atoms with Crippen LogP contribution in [0.3, 0.4) is 0 Å². The number of rotatable bonds is 2. The van der Waals surface area contributed by atoms with Crippen LogP contribution in [0.15, 0.2) is 30.6 Å². The largest absolute Gasteiger partial charge is 0.491 e. The van der Waals surface area contributed by atoms with Gasteiger partial charge in [-0.3, -0.25) is 9.89 Å². The zero-order valence-electron chi connectivity index (χ0n) is 12.5. The first-order chi connectivity index (χ1) is 11.2. The Hall–Kier alpha value is -2.16. The summed E-state index contributed by atoms with van der Waals surface area (Å²) in [5.74, 6) is -0.0260. The fourth-order valence-electron chi connectivity index (χ4n) is 3.14. The Labute approximate surface area is 133 Å². The molecule has 1 atom stereocenters. The van der Waals surface area contributed by atoms with Gasteiger partial charge in [-0.25, -0.2) is 0 Å². The third-order valence-electron chi connectivity index (χ3n) is 4.44. The van der Waals surface area contributed by atoms with Gasteiger partial charge in [0, 0.05) is 37.0 Å². The van der Waals surface area contributed by atoms with Crippen LogP contribution in [0.4, 0.5) is 0 Å². The molecule has 2 aliphatic heterocycles. The smallest absolute Gasteiger partial charge is 0.423 e. The fourth-order valence-corrected chi connectivity index (χ4v) is 3.14. The molecule has 2 aliphatic rings. The van der Waals surface area contributed by atoms with Gasteiger partial charge in [0.15, 0.2) is 0 Å². The molecule has 1 aromatic heterocycles. The number of nitrogens with one attached hydrogen (secondary N) is 2. The summed E-state index contributed by atoms with van der Waals surface area (Å²) in [4.78, 5) is 14.6. The number of H-pyrrole nitrogens is 1. The Balaban J connectivity index is 1.53. The van der Waals surface area contributed by atoms with E-state index in [0.29, 0.717) is 30.7 Å². The van der Waals surface area contributed by atoms with Crippen molar-refractivity contribution in [2.75, 3.05) is 19.6 Å². The highest BCUT2D eigenvalue weighted by atomic mass is 16.5. The number of hydrogen-bond acceptors (Lipinski definition) is 5. The van der Waals surface area contributed by atoms with Crippen molar-refractivity contribution in [1.82, 2.24) is 20.4 Å². The highest BCUT2D eigenvalue weighted by Crippen LogP contribution is 2.18. The minimum absolute atomic E-state index is 0.0260. The second-order valence-corrected chi connectivity index (χ2v) is 5.87. The second-order valence-electron chi connectivity index (χ2n) is 5.87. The van der Waals surface area contributed by atoms with Crippen molar-refractivity contribution in [2.24, 2.45) is 0 Å². The van der Waals surface area contributed by atoms with Crippen LogP contribution in [-0.4, -0.2) is 52.8 Å². The SMILES string of the molecule is O=C(c1ccc2c(c1)B(O)OC2)N1CCNC(c2cn[nH]c2)C1.